The van der Waals surface area contributed by atoms with Crippen molar-refractivity contribution in [3.05, 3.63) is 29.6 Å². The first kappa shape index (κ1) is 18.9. The highest BCUT2D eigenvalue weighted by Crippen LogP contribution is 2.20. The van der Waals surface area contributed by atoms with Crippen LogP contribution in [0.1, 0.15) is 49.0 Å². The third kappa shape index (κ3) is 4.78. The van der Waals surface area contributed by atoms with Gasteiger partial charge in [0.2, 0.25) is 5.91 Å². The monoisotopic (exact) mass is 347 g/mol. The molecule has 1 aromatic rings. The molecule has 2 rings (SSSR count). The number of aliphatic carboxylic acids is 1. The van der Waals surface area contributed by atoms with Crippen LogP contribution in [0, 0.1) is 0 Å². The Balaban J connectivity index is 2.09. The molecular formula is C18H25N3O4. The summed E-state index contributed by atoms with van der Waals surface area (Å²) in [5, 5.41) is 9.02. The Kier molecular flexibility index (Phi) is 6.50. The lowest BCUT2D eigenvalue weighted by Gasteiger charge is -2.29. The molecule has 1 aliphatic rings. The molecule has 2 heterocycles. The summed E-state index contributed by atoms with van der Waals surface area (Å²) < 4.78 is 0. The Morgan fingerprint density at radius 3 is 2.72 bits per heavy atom. The van der Waals surface area contributed by atoms with Crippen molar-refractivity contribution in [2.24, 2.45) is 0 Å². The molecule has 25 heavy (non-hydrogen) atoms. The molecular weight excluding hydrogens is 322 g/mol. The average molecular weight is 347 g/mol. The first-order valence-corrected chi connectivity index (χ1v) is 8.65. The van der Waals surface area contributed by atoms with Gasteiger partial charge in [0, 0.05) is 44.0 Å². The van der Waals surface area contributed by atoms with Gasteiger partial charge < -0.3 is 14.9 Å². The number of carbonyl (C=O) groups excluding carboxylic acids is 2. The van der Waals surface area contributed by atoms with Gasteiger partial charge in [0.05, 0.1) is 0 Å². The fraction of sp³-hybridized carbons (Fsp3) is 0.556. The van der Waals surface area contributed by atoms with Gasteiger partial charge in [0.1, 0.15) is 6.54 Å². The molecule has 0 aromatic carbocycles. The SMILES string of the molecule is CCc1cnccc1C(=O)N1CCCC(N(CC(=O)O)C(C)=O)CC1. The maximum Gasteiger partial charge on any atom is 0.323 e. The second kappa shape index (κ2) is 8.60. The van der Waals surface area contributed by atoms with E-state index < -0.39 is 5.97 Å². The summed E-state index contributed by atoms with van der Waals surface area (Å²) in [6.45, 7) is 4.21. The number of likely N-dealkylation sites (tertiary alicyclic amines) is 1. The highest BCUT2D eigenvalue weighted by molar-refractivity contribution is 5.95. The molecule has 1 saturated heterocycles. The summed E-state index contributed by atoms with van der Waals surface area (Å²) in [6, 6.07) is 1.60. The predicted molar refractivity (Wildman–Crippen MR) is 92.2 cm³/mol. The summed E-state index contributed by atoms with van der Waals surface area (Å²) in [5.74, 6) is -1.28. The minimum atomic E-state index is -1.02. The molecule has 136 valence electrons. The van der Waals surface area contributed by atoms with Crippen molar-refractivity contribution in [2.45, 2.75) is 45.6 Å². The van der Waals surface area contributed by atoms with Crippen LogP contribution in [-0.4, -0.2) is 63.4 Å². The van der Waals surface area contributed by atoms with Crippen LogP contribution < -0.4 is 0 Å². The Labute approximate surface area is 147 Å². The van der Waals surface area contributed by atoms with Crippen molar-refractivity contribution in [2.75, 3.05) is 19.6 Å². The van der Waals surface area contributed by atoms with E-state index in [1.807, 2.05) is 6.92 Å². The molecule has 0 aliphatic carbocycles. The molecule has 1 unspecified atom stereocenters. The molecule has 0 radical (unpaired) electrons. The van der Waals surface area contributed by atoms with Crippen LogP contribution in [0.2, 0.25) is 0 Å². The maximum absolute atomic E-state index is 12.8. The largest absolute Gasteiger partial charge is 0.480 e. The third-order valence-corrected chi connectivity index (χ3v) is 4.65. The maximum atomic E-state index is 12.8. The minimum absolute atomic E-state index is 0.0208. The van der Waals surface area contributed by atoms with E-state index in [9.17, 15) is 14.4 Å². The van der Waals surface area contributed by atoms with Crippen molar-refractivity contribution >= 4 is 17.8 Å². The van der Waals surface area contributed by atoms with E-state index in [2.05, 4.69) is 4.98 Å². The van der Waals surface area contributed by atoms with Gasteiger partial charge in [0.15, 0.2) is 0 Å². The molecule has 1 atom stereocenters. The standard InChI is InChI=1S/C18H25N3O4/c1-3-14-11-19-8-6-16(14)18(25)20-9-4-5-15(7-10-20)21(13(2)22)12-17(23)24/h6,8,11,15H,3-5,7,9-10,12H2,1-2H3,(H,23,24). The van der Waals surface area contributed by atoms with Crippen molar-refractivity contribution < 1.29 is 19.5 Å². The van der Waals surface area contributed by atoms with Gasteiger partial charge in [-0.2, -0.15) is 0 Å². The van der Waals surface area contributed by atoms with Crippen LogP contribution in [0.25, 0.3) is 0 Å². The smallest absolute Gasteiger partial charge is 0.323 e. The number of carbonyl (C=O) groups is 3. The predicted octanol–water partition coefficient (Wildman–Crippen LogP) is 1.57. The van der Waals surface area contributed by atoms with Crippen LogP contribution in [0.4, 0.5) is 0 Å². The number of carboxylic acids is 1. The second-order valence-electron chi connectivity index (χ2n) is 6.30. The molecule has 1 aromatic heterocycles. The number of aromatic nitrogens is 1. The van der Waals surface area contributed by atoms with Crippen LogP contribution in [-0.2, 0) is 16.0 Å². The van der Waals surface area contributed by atoms with Crippen molar-refractivity contribution in [3.63, 3.8) is 0 Å². The topological polar surface area (TPSA) is 90.8 Å². The van der Waals surface area contributed by atoms with E-state index in [4.69, 9.17) is 5.11 Å². The zero-order valence-electron chi connectivity index (χ0n) is 14.8. The van der Waals surface area contributed by atoms with Crippen LogP contribution >= 0.6 is 0 Å². The molecule has 2 amide bonds. The van der Waals surface area contributed by atoms with E-state index in [-0.39, 0.29) is 24.4 Å². The number of amides is 2. The fourth-order valence-electron chi connectivity index (χ4n) is 3.32. The zero-order chi connectivity index (χ0) is 18.4. The first-order valence-electron chi connectivity index (χ1n) is 8.65. The van der Waals surface area contributed by atoms with Crippen molar-refractivity contribution in [3.8, 4) is 0 Å². The molecule has 7 nitrogen and oxygen atoms in total. The summed E-state index contributed by atoms with van der Waals surface area (Å²) in [6.07, 6.45) is 6.11. The van der Waals surface area contributed by atoms with Crippen LogP contribution in [0.3, 0.4) is 0 Å². The number of pyridine rings is 1. The first-order chi connectivity index (χ1) is 11.9. The Morgan fingerprint density at radius 1 is 1.32 bits per heavy atom. The summed E-state index contributed by atoms with van der Waals surface area (Å²) in [7, 11) is 0. The van der Waals surface area contributed by atoms with Gasteiger partial charge >= 0.3 is 5.97 Å². The van der Waals surface area contributed by atoms with Gasteiger partial charge in [-0.25, -0.2) is 0 Å². The number of hydrogen-bond donors (Lipinski definition) is 1. The Morgan fingerprint density at radius 2 is 2.08 bits per heavy atom. The van der Waals surface area contributed by atoms with E-state index >= 15 is 0 Å². The average Bonchev–Trinajstić information content (AvgIpc) is 2.84. The number of rotatable bonds is 5. The second-order valence-corrected chi connectivity index (χ2v) is 6.30. The van der Waals surface area contributed by atoms with E-state index in [0.29, 0.717) is 31.5 Å². The van der Waals surface area contributed by atoms with Crippen molar-refractivity contribution in [1.82, 2.24) is 14.8 Å². The molecule has 1 N–H and O–H groups in total. The van der Waals surface area contributed by atoms with E-state index in [0.717, 1.165) is 18.4 Å². The Bertz CT molecular complexity index is 647. The number of aryl methyl sites for hydroxylation is 1. The lowest BCUT2D eigenvalue weighted by molar-refractivity contribution is -0.145. The third-order valence-electron chi connectivity index (χ3n) is 4.65. The number of hydrogen-bond acceptors (Lipinski definition) is 4. The number of carboxylic acid groups (broad SMARTS) is 1. The molecule has 1 aliphatic heterocycles. The Hall–Kier alpha value is -2.44. The summed E-state index contributed by atoms with van der Waals surface area (Å²) >= 11 is 0. The lowest BCUT2D eigenvalue weighted by Crippen LogP contribution is -2.43. The quantitative estimate of drug-likeness (QED) is 0.873. The van der Waals surface area contributed by atoms with E-state index in [1.54, 1.807) is 23.4 Å². The normalized spacial score (nSPS) is 17.7. The van der Waals surface area contributed by atoms with Crippen molar-refractivity contribution in [1.29, 1.82) is 0 Å². The summed E-state index contributed by atoms with van der Waals surface area (Å²) in [5.41, 5.74) is 1.59. The molecule has 1 fully saturated rings. The van der Waals surface area contributed by atoms with Gasteiger partial charge in [-0.3, -0.25) is 19.4 Å². The molecule has 0 bridgehead atoms. The molecule has 0 spiro atoms. The van der Waals surface area contributed by atoms with Crippen LogP contribution in [0.15, 0.2) is 18.5 Å². The number of nitrogens with zero attached hydrogens (tertiary/aromatic N) is 3. The van der Waals surface area contributed by atoms with E-state index in [1.165, 1.54) is 11.8 Å². The lowest BCUT2D eigenvalue weighted by atomic mass is 10.1. The molecule has 0 saturated carbocycles. The van der Waals surface area contributed by atoms with Gasteiger partial charge in [-0.15, -0.1) is 0 Å². The highest BCUT2D eigenvalue weighted by Gasteiger charge is 2.28. The molecule has 7 heteroatoms. The van der Waals surface area contributed by atoms with Gasteiger partial charge in [-0.1, -0.05) is 6.92 Å². The summed E-state index contributed by atoms with van der Waals surface area (Å²) in [4.78, 5) is 42.9. The van der Waals surface area contributed by atoms with Gasteiger partial charge in [0.25, 0.3) is 5.91 Å². The zero-order valence-corrected chi connectivity index (χ0v) is 14.8. The van der Waals surface area contributed by atoms with Crippen LogP contribution in [0.5, 0.6) is 0 Å². The fourth-order valence-corrected chi connectivity index (χ4v) is 3.32. The highest BCUT2D eigenvalue weighted by atomic mass is 16.4. The minimum Gasteiger partial charge on any atom is -0.480 e. The van der Waals surface area contributed by atoms with Gasteiger partial charge in [-0.05, 0) is 37.3 Å².